The molecule has 0 saturated carbocycles. The van der Waals surface area contributed by atoms with Gasteiger partial charge in [0, 0.05) is 11.8 Å². The third-order valence-electron chi connectivity index (χ3n) is 7.88. The van der Waals surface area contributed by atoms with E-state index < -0.39 is 0 Å². The third kappa shape index (κ3) is 5.26. The van der Waals surface area contributed by atoms with Gasteiger partial charge in [-0.3, -0.25) is 4.57 Å². The van der Waals surface area contributed by atoms with Crippen molar-refractivity contribution in [2.75, 3.05) is 0 Å². The van der Waals surface area contributed by atoms with Crippen LogP contribution in [-0.2, 0) is 0 Å². The summed E-state index contributed by atoms with van der Waals surface area (Å²) in [4.78, 5) is 5.21. The molecule has 6 aromatic rings. The molecule has 1 heterocycles. The van der Waals surface area contributed by atoms with Gasteiger partial charge in [-0.1, -0.05) is 119 Å². The number of para-hydroxylation sites is 1. The van der Waals surface area contributed by atoms with Gasteiger partial charge in [0.1, 0.15) is 11.6 Å². The van der Waals surface area contributed by atoms with Crippen LogP contribution in [0.15, 0.2) is 128 Å². The van der Waals surface area contributed by atoms with Crippen molar-refractivity contribution in [3.63, 3.8) is 0 Å². The molecule has 0 unspecified atom stereocenters. The molecule has 3 heteroatoms. The number of aromatic nitrogens is 2. The highest BCUT2D eigenvalue weighted by atomic mass is 16.3. The summed E-state index contributed by atoms with van der Waals surface area (Å²) < 4.78 is 2.21. The second kappa shape index (κ2) is 11.5. The number of hydrogen-bond donors (Lipinski definition) is 1. The predicted octanol–water partition coefficient (Wildman–Crippen LogP) is 10.5. The quantitative estimate of drug-likeness (QED) is 0.215. The molecule has 208 valence electrons. The molecule has 5 aromatic carbocycles. The Kier molecular flexibility index (Phi) is 7.50. The fourth-order valence-electron chi connectivity index (χ4n) is 5.67. The summed E-state index contributed by atoms with van der Waals surface area (Å²) in [7, 11) is 0. The van der Waals surface area contributed by atoms with Gasteiger partial charge in [-0.25, -0.2) is 4.98 Å². The Morgan fingerprint density at radius 2 is 1.07 bits per heavy atom. The van der Waals surface area contributed by atoms with E-state index in [4.69, 9.17) is 4.98 Å². The van der Waals surface area contributed by atoms with Crippen molar-refractivity contribution in [3.8, 4) is 56.3 Å². The molecule has 42 heavy (non-hydrogen) atoms. The SMILES string of the molecule is CC(C)c1cc(-c2ccccc2)cc(C(C)C)c1-n1cc(-c2cccc(-c3ccccc3)c2)nc1-c1ccccc1O. The van der Waals surface area contributed by atoms with Crippen LogP contribution in [0.2, 0.25) is 0 Å². The first-order valence-corrected chi connectivity index (χ1v) is 14.7. The number of imidazole rings is 1. The minimum Gasteiger partial charge on any atom is -0.507 e. The Bertz CT molecular complexity index is 1800. The van der Waals surface area contributed by atoms with E-state index in [0.29, 0.717) is 5.56 Å². The maximum Gasteiger partial charge on any atom is 0.148 e. The Morgan fingerprint density at radius 3 is 1.67 bits per heavy atom. The van der Waals surface area contributed by atoms with E-state index in [1.54, 1.807) is 6.07 Å². The zero-order valence-electron chi connectivity index (χ0n) is 24.6. The van der Waals surface area contributed by atoms with Crippen LogP contribution in [0, 0.1) is 0 Å². The number of phenols is 1. The van der Waals surface area contributed by atoms with Crippen LogP contribution in [-0.4, -0.2) is 14.7 Å². The highest BCUT2D eigenvalue weighted by Gasteiger charge is 2.23. The second-order valence-electron chi connectivity index (χ2n) is 11.5. The maximum atomic E-state index is 11.0. The molecule has 1 aromatic heterocycles. The van der Waals surface area contributed by atoms with Crippen molar-refractivity contribution in [1.29, 1.82) is 0 Å². The zero-order valence-corrected chi connectivity index (χ0v) is 24.6. The van der Waals surface area contributed by atoms with E-state index in [1.165, 1.54) is 27.8 Å². The van der Waals surface area contributed by atoms with Gasteiger partial charge in [-0.15, -0.1) is 0 Å². The molecule has 0 amide bonds. The first-order chi connectivity index (χ1) is 20.4. The molecule has 1 N–H and O–H groups in total. The van der Waals surface area contributed by atoms with Crippen LogP contribution in [0.3, 0.4) is 0 Å². The molecule has 0 aliphatic heterocycles. The van der Waals surface area contributed by atoms with E-state index in [1.807, 2.05) is 24.3 Å². The lowest BCUT2D eigenvalue weighted by atomic mass is 9.88. The highest BCUT2D eigenvalue weighted by molar-refractivity contribution is 5.77. The van der Waals surface area contributed by atoms with Crippen molar-refractivity contribution >= 4 is 0 Å². The van der Waals surface area contributed by atoms with Crippen molar-refractivity contribution < 1.29 is 5.11 Å². The van der Waals surface area contributed by atoms with Gasteiger partial charge in [-0.2, -0.15) is 0 Å². The molecule has 0 fully saturated rings. The van der Waals surface area contributed by atoms with Crippen molar-refractivity contribution in [2.24, 2.45) is 0 Å². The van der Waals surface area contributed by atoms with Gasteiger partial charge >= 0.3 is 0 Å². The summed E-state index contributed by atoms with van der Waals surface area (Å²) in [5.74, 6) is 1.48. The van der Waals surface area contributed by atoms with Gasteiger partial charge in [0.05, 0.1) is 16.9 Å². The molecule has 0 saturated heterocycles. The summed E-state index contributed by atoms with van der Waals surface area (Å²) in [6, 6.07) is 41.7. The van der Waals surface area contributed by atoms with Crippen molar-refractivity contribution in [3.05, 3.63) is 139 Å². The Balaban J connectivity index is 1.61. The van der Waals surface area contributed by atoms with Crippen LogP contribution in [0.1, 0.15) is 50.7 Å². The van der Waals surface area contributed by atoms with E-state index in [2.05, 4.69) is 129 Å². The fraction of sp³-hybridized carbons (Fsp3) is 0.154. The van der Waals surface area contributed by atoms with Crippen LogP contribution in [0.4, 0.5) is 0 Å². The van der Waals surface area contributed by atoms with Gasteiger partial charge in [0.15, 0.2) is 0 Å². The lowest BCUT2D eigenvalue weighted by Gasteiger charge is -2.24. The van der Waals surface area contributed by atoms with Crippen LogP contribution < -0.4 is 0 Å². The van der Waals surface area contributed by atoms with Gasteiger partial charge < -0.3 is 5.11 Å². The highest BCUT2D eigenvalue weighted by Crippen LogP contribution is 2.40. The number of rotatable bonds is 7. The topological polar surface area (TPSA) is 38.0 Å². The Hall–Kier alpha value is -4.89. The van der Waals surface area contributed by atoms with E-state index in [-0.39, 0.29) is 17.6 Å². The number of benzene rings is 5. The van der Waals surface area contributed by atoms with Crippen LogP contribution >= 0.6 is 0 Å². The van der Waals surface area contributed by atoms with Gasteiger partial charge in [0.2, 0.25) is 0 Å². The standard InChI is InChI=1S/C39H36N2O/c1-26(2)34-23-32(29-16-9-6-10-17-29)24-35(27(3)4)38(34)41-25-36(40-39(41)33-20-11-12-21-37(33)42)31-19-13-18-30(22-31)28-14-7-5-8-15-28/h5-27,42H,1-4H3. The smallest absolute Gasteiger partial charge is 0.148 e. The number of hydrogen-bond acceptors (Lipinski definition) is 2. The first-order valence-electron chi connectivity index (χ1n) is 14.7. The lowest BCUT2D eigenvalue weighted by Crippen LogP contribution is -2.08. The first kappa shape index (κ1) is 27.3. The summed E-state index contributed by atoms with van der Waals surface area (Å²) in [6.07, 6.45) is 2.14. The minimum atomic E-state index is 0.215. The van der Waals surface area contributed by atoms with E-state index in [9.17, 15) is 5.11 Å². The van der Waals surface area contributed by atoms with E-state index >= 15 is 0 Å². The van der Waals surface area contributed by atoms with Crippen LogP contribution in [0.25, 0.3) is 50.6 Å². The molecule has 0 spiro atoms. The molecule has 0 aliphatic rings. The average molecular weight is 549 g/mol. The summed E-state index contributed by atoms with van der Waals surface area (Å²) >= 11 is 0. The second-order valence-corrected chi connectivity index (χ2v) is 11.5. The average Bonchev–Trinajstić information content (AvgIpc) is 3.46. The Morgan fingerprint density at radius 1 is 0.548 bits per heavy atom. The lowest BCUT2D eigenvalue weighted by molar-refractivity contribution is 0.477. The monoisotopic (exact) mass is 548 g/mol. The fourth-order valence-corrected chi connectivity index (χ4v) is 5.67. The molecule has 0 radical (unpaired) electrons. The minimum absolute atomic E-state index is 0.215. The molecule has 0 bridgehead atoms. The molecule has 0 atom stereocenters. The molecular formula is C39H36N2O. The molecule has 0 aliphatic carbocycles. The van der Waals surface area contributed by atoms with Crippen molar-refractivity contribution in [2.45, 2.75) is 39.5 Å². The summed E-state index contributed by atoms with van der Waals surface area (Å²) in [6.45, 7) is 8.99. The summed E-state index contributed by atoms with van der Waals surface area (Å²) in [5.41, 5.74) is 11.0. The Labute approximate surface area is 248 Å². The largest absolute Gasteiger partial charge is 0.507 e. The van der Waals surface area contributed by atoms with Gasteiger partial charge in [-0.05, 0) is 75.5 Å². The predicted molar refractivity (Wildman–Crippen MR) is 175 cm³/mol. The number of phenolic OH excluding ortho intramolecular Hbond substituents is 1. The zero-order chi connectivity index (χ0) is 29.2. The van der Waals surface area contributed by atoms with Crippen molar-refractivity contribution in [1.82, 2.24) is 9.55 Å². The molecule has 6 rings (SSSR count). The maximum absolute atomic E-state index is 11.0. The molecular weight excluding hydrogens is 512 g/mol. The normalized spacial score (nSPS) is 11.4. The third-order valence-corrected chi connectivity index (χ3v) is 7.88. The summed E-state index contributed by atoms with van der Waals surface area (Å²) in [5, 5.41) is 11.0. The van der Waals surface area contributed by atoms with Crippen LogP contribution in [0.5, 0.6) is 5.75 Å². The van der Waals surface area contributed by atoms with E-state index in [0.717, 1.165) is 28.3 Å². The van der Waals surface area contributed by atoms with Gasteiger partial charge in [0.25, 0.3) is 0 Å². The number of nitrogens with zero attached hydrogens (tertiary/aromatic N) is 2. The molecule has 3 nitrogen and oxygen atoms in total. The number of aromatic hydroxyl groups is 1.